The maximum atomic E-state index is 13.6. The maximum absolute atomic E-state index is 13.6. The van der Waals surface area contributed by atoms with E-state index in [0.29, 0.717) is 22.5 Å². The van der Waals surface area contributed by atoms with Crippen LogP contribution in [0.3, 0.4) is 0 Å². The number of aromatic nitrogens is 2. The third kappa shape index (κ3) is 8.85. The fourth-order valence-electron chi connectivity index (χ4n) is 3.98. The van der Waals surface area contributed by atoms with Crippen molar-refractivity contribution >= 4 is 18.0 Å². The molecule has 0 spiro atoms. The SMILES string of the molecule is CC(C)c1c(C(=O)NCc2cccc(C#N)c2)nn(-c2ccc(F)cc2)c1C=C[C@H](O)C[C@@H](O)CC(=O)O.[H-].[Na+]. The van der Waals surface area contributed by atoms with Gasteiger partial charge in [-0.05, 0) is 54.0 Å². The summed E-state index contributed by atoms with van der Waals surface area (Å²) in [6.07, 6.45) is -0.151. The monoisotopic (exact) mass is 544 g/mol. The zero-order valence-electron chi connectivity index (χ0n) is 23.0. The van der Waals surface area contributed by atoms with E-state index in [2.05, 4.69) is 16.5 Å². The summed E-state index contributed by atoms with van der Waals surface area (Å²) in [5.74, 6) is -2.26. The second-order valence-electron chi connectivity index (χ2n) is 9.10. The number of benzene rings is 2. The summed E-state index contributed by atoms with van der Waals surface area (Å²) < 4.78 is 15.1. The first-order chi connectivity index (χ1) is 18.1. The number of halogens is 1. The quantitative estimate of drug-likeness (QED) is 0.259. The molecule has 0 aliphatic carbocycles. The summed E-state index contributed by atoms with van der Waals surface area (Å²) in [5.41, 5.74) is 2.88. The number of carboxylic acid groups (broad SMARTS) is 1. The van der Waals surface area contributed by atoms with Gasteiger partial charge in [-0.2, -0.15) is 10.4 Å². The molecule has 0 aliphatic heterocycles. The summed E-state index contributed by atoms with van der Waals surface area (Å²) in [4.78, 5) is 24.1. The van der Waals surface area contributed by atoms with Crippen LogP contribution >= 0.6 is 0 Å². The van der Waals surface area contributed by atoms with Gasteiger partial charge in [0.2, 0.25) is 0 Å². The topological polar surface area (TPSA) is 148 Å². The van der Waals surface area contributed by atoms with Gasteiger partial charge in [-0.25, -0.2) is 9.07 Å². The number of carbonyl (C=O) groups excluding carboxylic acids is 1. The minimum absolute atomic E-state index is 0. The molecule has 2 aromatic carbocycles. The number of hydrogen-bond acceptors (Lipinski definition) is 6. The molecule has 3 rings (SSSR count). The van der Waals surface area contributed by atoms with E-state index in [0.717, 1.165) is 5.56 Å². The van der Waals surface area contributed by atoms with Crippen LogP contribution in [0.15, 0.2) is 54.6 Å². The Hall–Kier alpha value is -3.33. The Morgan fingerprint density at radius 1 is 1.21 bits per heavy atom. The molecule has 39 heavy (non-hydrogen) atoms. The Balaban J connectivity index is 0.00000400. The molecule has 0 bridgehead atoms. The number of rotatable bonds is 11. The largest absolute Gasteiger partial charge is 1.00 e. The summed E-state index contributed by atoms with van der Waals surface area (Å²) in [5, 5.41) is 45.5. The van der Waals surface area contributed by atoms with E-state index in [-0.39, 0.29) is 55.6 Å². The number of aliphatic hydroxyl groups is 2. The number of carboxylic acids is 1. The van der Waals surface area contributed by atoms with Crippen LogP contribution in [0.25, 0.3) is 11.8 Å². The van der Waals surface area contributed by atoms with Crippen molar-refractivity contribution in [1.29, 1.82) is 5.26 Å². The van der Waals surface area contributed by atoms with Gasteiger partial charge in [0, 0.05) is 18.5 Å². The van der Waals surface area contributed by atoms with E-state index in [1.165, 1.54) is 35.0 Å². The molecular formula is C28H30FN4NaO5. The van der Waals surface area contributed by atoms with Gasteiger partial charge in [0.1, 0.15) is 5.82 Å². The van der Waals surface area contributed by atoms with E-state index in [9.17, 15) is 24.2 Å². The van der Waals surface area contributed by atoms with Crippen LogP contribution < -0.4 is 34.9 Å². The molecule has 0 radical (unpaired) electrons. The van der Waals surface area contributed by atoms with E-state index >= 15 is 0 Å². The van der Waals surface area contributed by atoms with Gasteiger partial charge in [-0.15, -0.1) is 0 Å². The van der Waals surface area contributed by atoms with Crippen LogP contribution in [0.5, 0.6) is 0 Å². The molecule has 0 saturated carbocycles. The molecule has 0 aliphatic rings. The first kappa shape index (κ1) is 31.9. The molecule has 2 atom stereocenters. The van der Waals surface area contributed by atoms with E-state index in [1.807, 2.05) is 13.8 Å². The zero-order valence-corrected chi connectivity index (χ0v) is 24.0. The van der Waals surface area contributed by atoms with Crippen LogP contribution in [0.1, 0.15) is 66.9 Å². The zero-order chi connectivity index (χ0) is 27.8. The Bertz CT molecular complexity index is 1370. The van der Waals surface area contributed by atoms with Gasteiger partial charge >= 0.3 is 35.5 Å². The molecule has 0 unspecified atom stereocenters. The third-order valence-corrected chi connectivity index (χ3v) is 5.73. The second-order valence-corrected chi connectivity index (χ2v) is 9.10. The first-order valence-electron chi connectivity index (χ1n) is 12.0. The van der Waals surface area contributed by atoms with E-state index < -0.39 is 36.3 Å². The van der Waals surface area contributed by atoms with Crippen molar-refractivity contribution < 1.29 is 60.3 Å². The van der Waals surface area contributed by atoms with Gasteiger partial charge in [-0.3, -0.25) is 9.59 Å². The van der Waals surface area contributed by atoms with Gasteiger partial charge in [0.15, 0.2) is 5.69 Å². The molecule has 0 fully saturated rings. The smallest absolute Gasteiger partial charge is 1.00 e. The number of nitrogens with one attached hydrogen (secondary N) is 1. The van der Waals surface area contributed by atoms with Crippen molar-refractivity contribution in [2.45, 2.75) is 51.4 Å². The van der Waals surface area contributed by atoms with Gasteiger partial charge in [0.05, 0.1) is 41.6 Å². The summed E-state index contributed by atoms with van der Waals surface area (Å²) in [6, 6.07) is 14.5. The van der Waals surface area contributed by atoms with Crippen molar-refractivity contribution in [2.24, 2.45) is 0 Å². The van der Waals surface area contributed by atoms with Crippen molar-refractivity contribution in [1.82, 2.24) is 15.1 Å². The van der Waals surface area contributed by atoms with Gasteiger partial charge in [-0.1, -0.05) is 32.1 Å². The predicted molar refractivity (Wildman–Crippen MR) is 139 cm³/mol. The van der Waals surface area contributed by atoms with Gasteiger partial charge in [0.25, 0.3) is 5.91 Å². The minimum atomic E-state index is -1.24. The van der Waals surface area contributed by atoms with E-state index in [4.69, 9.17) is 10.4 Å². The second kappa shape index (κ2) is 14.7. The Labute approximate surface area is 249 Å². The summed E-state index contributed by atoms with van der Waals surface area (Å²) in [7, 11) is 0. The first-order valence-corrected chi connectivity index (χ1v) is 12.0. The van der Waals surface area contributed by atoms with Crippen LogP contribution in [0.2, 0.25) is 0 Å². The Morgan fingerprint density at radius 3 is 2.51 bits per heavy atom. The fourth-order valence-corrected chi connectivity index (χ4v) is 3.98. The number of amides is 1. The van der Waals surface area contributed by atoms with Crippen LogP contribution in [0, 0.1) is 17.1 Å². The molecular weight excluding hydrogens is 514 g/mol. The molecule has 4 N–H and O–H groups in total. The van der Waals surface area contributed by atoms with Crippen LogP contribution in [-0.2, 0) is 11.3 Å². The Morgan fingerprint density at radius 2 is 1.90 bits per heavy atom. The van der Waals surface area contributed by atoms with Crippen LogP contribution in [0.4, 0.5) is 4.39 Å². The average molecular weight is 545 g/mol. The number of aliphatic carboxylic acids is 1. The number of carbonyl (C=O) groups is 2. The maximum Gasteiger partial charge on any atom is 1.00 e. The molecule has 200 valence electrons. The standard InChI is InChI=1S/C28H29FN4O5.Na.H/c1-17(2)26-24(11-10-22(34)13-23(35)14-25(36)37)33(21-8-6-20(29)7-9-21)32-27(26)28(38)31-16-19-5-3-4-18(12-19)15-30;;/h3-12,17,22-23,34-35H,13-14,16H2,1-2H3,(H,31,38)(H,36,37);;/q;+1;-1/t22-,23+;;/m0../s1. The number of nitrogens with zero attached hydrogens (tertiary/aromatic N) is 3. The molecule has 9 nitrogen and oxygen atoms in total. The van der Waals surface area contributed by atoms with Crippen molar-refractivity contribution in [2.75, 3.05) is 0 Å². The van der Waals surface area contributed by atoms with Crippen molar-refractivity contribution in [3.05, 3.63) is 88.5 Å². The average Bonchev–Trinajstić information content (AvgIpc) is 3.26. The van der Waals surface area contributed by atoms with Crippen LogP contribution in [-0.4, -0.2) is 49.2 Å². The molecule has 0 saturated heterocycles. The van der Waals surface area contributed by atoms with E-state index in [1.54, 1.807) is 30.3 Å². The van der Waals surface area contributed by atoms with Crippen molar-refractivity contribution in [3.8, 4) is 11.8 Å². The predicted octanol–water partition coefficient (Wildman–Crippen LogP) is 0.653. The molecule has 1 aromatic heterocycles. The molecule has 3 aromatic rings. The minimum Gasteiger partial charge on any atom is -1.00 e. The molecule has 1 amide bonds. The third-order valence-electron chi connectivity index (χ3n) is 5.73. The number of aliphatic hydroxyl groups excluding tert-OH is 2. The van der Waals surface area contributed by atoms with Crippen molar-refractivity contribution in [3.63, 3.8) is 0 Å². The Kier molecular flexibility index (Phi) is 12.0. The summed E-state index contributed by atoms with van der Waals surface area (Å²) in [6.45, 7) is 3.92. The summed E-state index contributed by atoms with van der Waals surface area (Å²) >= 11 is 0. The molecule has 11 heteroatoms. The normalized spacial score (nSPS) is 12.5. The number of hydrogen-bond donors (Lipinski definition) is 4. The fraction of sp³-hybridized carbons (Fsp3) is 0.286. The van der Waals surface area contributed by atoms with Gasteiger partial charge < -0.3 is 22.1 Å². The molecule has 1 heterocycles. The number of nitriles is 1.